The van der Waals surface area contributed by atoms with E-state index in [1.54, 1.807) is 0 Å². The van der Waals surface area contributed by atoms with Crippen LogP contribution in [0.5, 0.6) is 0 Å². The van der Waals surface area contributed by atoms with Crippen LogP contribution in [0, 0.1) is 0 Å². The minimum Gasteiger partial charge on any atom is -0.324 e. The molecule has 0 unspecified atom stereocenters. The Kier molecular flexibility index (Phi) is 4.25. The molecule has 0 spiro atoms. The van der Waals surface area contributed by atoms with Crippen LogP contribution in [-0.2, 0) is 0 Å². The highest BCUT2D eigenvalue weighted by Gasteiger charge is 2.36. The third kappa shape index (κ3) is 2.22. The van der Waals surface area contributed by atoms with Crippen molar-refractivity contribution in [2.24, 2.45) is 0 Å². The number of quaternary nitrogens is 1. The van der Waals surface area contributed by atoms with E-state index in [9.17, 15) is 0 Å². The van der Waals surface area contributed by atoms with Crippen LogP contribution in [0.25, 0.3) is 0 Å². The molecule has 0 rings (SSSR count). The summed E-state index contributed by atoms with van der Waals surface area (Å²) in [6.07, 6.45) is 3.83. The lowest BCUT2D eigenvalue weighted by molar-refractivity contribution is -0.940. The molecule has 0 aromatic carbocycles. The van der Waals surface area contributed by atoms with Gasteiger partial charge in [-0.2, -0.15) is 0 Å². The van der Waals surface area contributed by atoms with Crippen molar-refractivity contribution in [2.75, 3.05) is 20.6 Å². The molecule has 0 fully saturated rings. The molecule has 0 amide bonds. The van der Waals surface area contributed by atoms with E-state index in [1.807, 2.05) is 0 Å². The molecule has 0 aromatic rings. The first-order valence-electron chi connectivity index (χ1n) is 5.26. The number of hydrogen-bond acceptors (Lipinski definition) is 0. The Morgan fingerprint density at radius 2 is 1.42 bits per heavy atom. The van der Waals surface area contributed by atoms with E-state index >= 15 is 0 Å². The van der Waals surface area contributed by atoms with Gasteiger partial charge in [-0.15, -0.1) is 0 Å². The molecule has 1 nitrogen and oxygen atoms in total. The molecule has 0 heterocycles. The molecule has 0 radical (unpaired) electrons. The maximum absolute atomic E-state index is 2.41. The third-order valence-corrected chi connectivity index (χ3v) is 3.77. The van der Waals surface area contributed by atoms with E-state index in [1.165, 1.54) is 25.8 Å². The van der Waals surface area contributed by atoms with Crippen molar-refractivity contribution in [3.8, 4) is 0 Å². The average molecular weight is 172 g/mol. The van der Waals surface area contributed by atoms with Gasteiger partial charge in [-0.1, -0.05) is 20.8 Å². The molecule has 74 valence electrons. The van der Waals surface area contributed by atoms with Crippen LogP contribution < -0.4 is 0 Å². The van der Waals surface area contributed by atoms with E-state index in [4.69, 9.17) is 0 Å². The highest BCUT2D eigenvalue weighted by Crippen LogP contribution is 2.27. The van der Waals surface area contributed by atoms with Crippen molar-refractivity contribution in [2.45, 2.75) is 52.5 Å². The fourth-order valence-electron chi connectivity index (χ4n) is 1.93. The van der Waals surface area contributed by atoms with E-state index in [0.717, 1.165) is 4.48 Å². The summed E-state index contributed by atoms with van der Waals surface area (Å²) in [4.78, 5) is 0. The maximum atomic E-state index is 2.41. The van der Waals surface area contributed by atoms with Gasteiger partial charge < -0.3 is 4.48 Å². The predicted molar refractivity (Wildman–Crippen MR) is 56.3 cm³/mol. The highest BCUT2D eigenvalue weighted by molar-refractivity contribution is 4.71. The van der Waals surface area contributed by atoms with Crippen LogP contribution in [0.1, 0.15) is 47.0 Å². The number of rotatable bonds is 5. The zero-order valence-corrected chi connectivity index (χ0v) is 9.78. The lowest BCUT2D eigenvalue weighted by atomic mass is 9.91. The first-order chi connectivity index (χ1) is 5.43. The van der Waals surface area contributed by atoms with Gasteiger partial charge in [0.25, 0.3) is 0 Å². The Morgan fingerprint density at radius 1 is 1.00 bits per heavy atom. The second-order valence-corrected chi connectivity index (χ2v) is 4.61. The maximum Gasteiger partial charge on any atom is 0.0954 e. The fraction of sp³-hybridized carbons (Fsp3) is 1.00. The summed E-state index contributed by atoms with van der Waals surface area (Å²) in [6.45, 7) is 10.6. The zero-order valence-electron chi connectivity index (χ0n) is 9.78. The molecule has 0 bridgehead atoms. The van der Waals surface area contributed by atoms with Gasteiger partial charge in [-0.3, -0.25) is 0 Å². The summed E-state index contributed by atoms with van der Waals surface area (Å²) in [5, 5.41) is 0. The Labute approximate surface area is 78.4 Å². The van der Waals surface area contributed by atoms with Gasteiger partial charge in [0.2, 0.25) is 0 Å². The lowest BCUT2D eigenvalue weighted by Crippen LogP contribution is -2.57. The van der Waals surface area contributed by atoms with Gasteiger partial charge in [-0.05, 0) is 26.2 Å². The van der Waals surface area contributed by atoms with Gasteiger partial charge in [0.05, 0.1) is 26.2 Å². The second kappa shape index (κ2) is 4.27. The fourth-order valence-corrected chi connectivity index (χ4v) is 1.93. The number of hydrogen-bond donors (Lipinski definition) is 0. The Bertz CT molecular complexity index is 123. The van der Waals surface area contributed by atoms with Crippen molar-refractivity contribution in [1.82, 2.24) is 0 Å². The Hall–Kier alpha value is -0.0400. The summed E-state index contributed by atoms with van der Waals surface area (Å²) < 4.78 is 1.16. The molecule has 0 aliphatic rings. The molecule has 0 saturated carbocycles. The van der Waals surface area contributed by atoms with Gasteiger partial charge in [0.1, 0.15) is 0 Å². The minimum atomic E-state index is 0.468. The molecular weight excluding hydrogens is 146 g/mol. The molecule has 0 aliphatic heterocycles. The summed E-state index contributed by atoms with van der Waals surface area (Å²) >= 11 is 0. The predicted octanol–water partition coefficient (Wildman–Crippen LogP) is 3.05. The van der Waals surface area contributed by atoms with E-state index < -0.39 is 0 Å². The summed E-state index contributed by atoms with van der Waals surface area (Å²) in [5.41, 5.74) is 0.468. The van der Waals surface area contributed by atoms with Gasteiger partial charge >= 0.3 is 0 Å². The normalized spacial score (nSPS) is 13.5. The van der Waals surface area contributed by atoms with Crippen LogP contribution in [-0.4, -0.2) is 30.7 Å². The smallest absolute Gasteiger partial charge is 0.0954 e. The highest BCUT2D eigenvalue weighted by atomic mass is 15.4. The van der Waals surface area contributed by atoms with Gasteiger partial charge in [-0.25, -0.2) is 0 Å². The second-order valence-electron chi connectivity index (χ2n) is 4.61. The molecular formula is C11H26N+. The molecule has 0 N–H and O–H groups in total. The summed E-state index contributed by atoms with van der Waals surface area (Å²) in [6, 6.07) is 0. The third-order valence-electron chi connectivity index (χ3n) is 3.77. The summed E-state index contributed by atoms with van der Waals surface area (Å²) in [7, 11) is 4.72. The monoisotopic (exact) mass is 172 g/mol. The van der Waals surface area contributed by atoms with Crippen molar-refractivity contribution in [1.29, 1.82) is 0 Å². The van der Waals surface area contributed by atoms with Gasteiger partial charge in [0, 0.05) is 0 Å². The molecule has 0 saturated heterocycles. The topological polar surface area (TPSA) is 0 Å². The molecule has 0 atom stereocenters. The SMILES string of the molecule is CCC[N+](C)(C)C(C)(CC)CC. The molecule has 0 aromatic heterocycles. The van der Waals surface area contributed by atoms with Crippen molar-refractivity contribution >= 4 is 0 Å². The molecule has 1 heteroatoms. The van der Waals surface area contributed by atoms with Crippen LogP contribution in [0.2, 0.25) is 0 Å². The van der Waals surface area contributed by atoms with Crippen LogP contribution in [0.4, 0.5) is 0 Å². The zero-order chi connectivity index (χ0) is 9.83. The Balaban J connectivity index is 4.46. The molecule has 12 heavy (non-hydrogen) atoms. The quantitative estimate of drug-likeness (QED) is 0.559. The number of nitrogens with zero attached hydrogens (tertiary/aromatic N) is 1. The largest absolute Gasteiger partial charge is 0.324 e. The van der Waals surface area contributed by atoms with E-state index in [0.29, 0.717) is 5.54 Å². The van der Waals surface area contributed by atoms with E-state index in [-0.39, 0.29) is 0 Å². The van der Waals surface area contributed by atoms with Gasteiger partial charge in [0.15, 0.2) is 0 Å². The molecule has 0 aliphatic carbocycles. The first-order valence-corrected chi connectivity index (χ1v) is 5.26. The summed E-state index contributed by atoms with van der Waals surface area (Å²) in [5.74, 6) is 0. The van der Waals surface area contributed by atoms with Crippen LogP contribution in [0.3, 0.4) is 0 Å². The van der Waals surface area contributed by atoms with Crippen molar-refractivity contribution in [3.05, 3.63) is 0 Å². The van der Waals surface area contributed by atoms with Crippen LogP contribution in [0.15, 0.2) is 0 Å². The average Bonchev–Trinajstić information content (AvgIpc) is 2.02. The standard InChI is InChI=1S/C11H26N/c1-7-10-12(5,6)11(4,8-2)9-3/h7-10H2,1-6H3/q+1. The lowest BCUT2D eigenvalue weighted by Gasteiger charge is -2.46. The first kappa shape index (κ1) is 12.0. The minimum absolute atomic E-state index is 0.468. The Morgan fingerprint density at radius 3 is 1.67 bits per heavy atom. The van der Waals surface area contributed by atoms with Crippen molar-refractivity contribution < 1.29 is 4.48 Å². The van der Waals surface area contributed by atoms with E-state index in [2.05, 4.69) is 41.8 Å². The van der Waals surface area contributed by atoms with Crippen molar-refractivity contribution in [3.63, 3.8) is 0 Å². The van der Waals surface area contributed by atoms with Crippen LogP contribution >= 0.6 is 0 Å².